The summed E-state index contributed by atoms with van der Waals surface area (Å²) in [6.45, 7) is 8.61. The molecule has 17 nitrogen and oxygen atoms in total. The summed E-state index contributed by atoms with van der Waals surface area (Å²) in [5.74, 6) is -1.59. The maximum atomic E-state index is 14.0. The van der Waals surface area contributed by atoms with E-state index in [2.05, 4.69) is 25.6 Å². The highest BCUT2D eigenvalue weighted by molar-refractivity contribution is 6.35. The Morgan fingerprint density at radius 2 is 1.73 bits per heavy atom. The zero-order valence-electron chi connectivity index (χ0n) is 39.5. The second-order valence-electron chi connectivity index (χ2n) is 17.8. The normalized spacial score (nSPS) is 15.5. The van der Waals surface area contributed by atoms with E-state index in [1.165, 1.54) is 25.3 Å². The van der Waals surface area contributed by atoms with Crippen LogP contribution in [0.2, 0.25) is 5.02 Å². The van der Waals surface area contributed by atoms with E-state index in [4.69, 9.17) is 21.1 Å². The molecule has 0 radical (unpaired) electrons. The minimum absolute atomic E-state index is 0.0481. The number of aromatic nitrogens is 5. The standard InChI is InChI=1S/C51H53ClFN9O8/c1-28-44(29(2)58(4)57-28)45-38(52)14-13-36-35(9-7-23-70-41-10-6-8-31-24-32(53)11-12-34(31)41)48(51(67)68)61(47(36)45)22-19-59-17-20-60(21-18-59)43(64)27-62-30(3)54-46-37(25-33(69-5)26-40(46)62)49(65)55-39-15-16-42(63)56-50(39)66/h6,8,10-14,24-26,39H,7,9,15-23,27H2,1-5H3,(H,55,65)(H,67,68)(H,56,63,66). The van der Waals surface area contributed by atoms with Gasteiger partial charge in [0.05, 0.1) is 41.0 Å². The van der Waals surface area contributed by atoms with Crippen molar-refractivity contribution in [1.29, 1.82) is 0 Å². The second-order valence-corrected chi connectivity index (χ2v) is 18.2. The van der Waals surface area contributed by atoms with Gasteiger partial charge in [0.15, 0.2) is 0 Å². The lowest BCUT2D eigenvalue weighted by Crippen LogP contribution is -2.52. The summed E-state index contributed by atoms with van der Waals surface area (Å²) in [6, 6.07) is 16.1. The van der Waals surface area contributed by atoms with Crippen LogP contribution in [0.4, 0.5) is 4.39 Å². The number of carboxylic acid groups (broad SMARTS) is 1. The van der Waals surface area contributed by atoms with Gasteiger partial charge < -0.3 is 33.9 Å². The second kappa shape index (κ2) is 19.6. The molecule has 9 rings (SSSR count). The van der Waals surface area contributed by atoms with E-state index in [0.717, 1.165) is 33.1 Å². The number of nitrogens with zero attached hydrogens (tertiary/aromatic N) is 7. The number of carboxylic acids is 1. The number of fused-ring (bicyclic) bond motifs is 3. The third-order valence-electron chi connectivity index (χ3n) is 13.6. The Morgan fingerprint density at radius 3 is 2.44 bits per heavy atom. The highest BCUT2D eigenvalue weighted by Gasteiger charge is 2.32. The molecule has 0 spiro atoms. The predicted octanol–water partition coefficient (Wildman–Crippen LogP) is 6.36. The molecule has 4 aromatic carbocycles. The molecule has 19 heteroatoms. The summed E-state index contributed by atoms with van der Waals surface area (Å²) in [5.41, 5.74) is 5.77. The number of imidazole rings is 1. The highest BCUT2D eigenvalue weighted by atomic mass is 35.5. The Labute approximate surface area is 407 Å². The summed E-state index contributed by atoms with van der Waals surface area (Å²) in [5, 5.41) is 23.4. The summed E-state index contributed by atoms with van der Waals surface area (Å²) in [7, 11) is 3.33. The number of nitrogens with one attached hydrogen (secondary N) is 2. The van der Waals surface area contributed by atoms with Crippen molar-refractivity contribution in [3.8, 4) is 22.6 Å². The number of hydrogen-bond donors (Lipinski definition) is 3. The number of halogens is 2. The fourth-order valence-corrected chi connectivity index (χ4v) is 10.2. The number of ether oxygens (including phenoxy) is 2. The molecule has 364 valence electrons. The number of aromatic carboxylic acids is 1. The van der Waals surface area contributed by atoms with Crippen LogP contribution in [0.1, 0.15) is 62.9 Å². The molecule has 0 bridgehead atoms. The molecule has 3 N–H and O–H groups in total. The van der Waals surface area contributed by atoms with Gasteiger partial charge in [-0.25, -0.2) is 14.2 Å². The van der Waals surface area contributed by atoms with Crippen molar-refractivity contribution in [2.45, 2.75) is 65.6 Å². The van der Waals surface area contributed by atoms with Crippen LogP contribution < -0.4 is 20.1 Å². The molecule has 2 saturated heterocycles. The van der Waals surface area contributed by atoms with Crippen molar-refractivity contribution in [3.05, 3.63) is 106 Å². The molecule has 7 aromatic rings. The van der Waals surface area contributed by atoms with E-state index in [9.17, 15) is 33.5 Å². The number of carbonyl (C=O) groups excluding carboxylic acids is 4. The van der Waals surface area contributed by atoms with Crippen LogP contribution in [-0.2, 0) is 40.9 Å². The van der Waals surface area contributed by atoms with Gasteiger partial charge in [-0.05, 0) is 87.4 Å². The van der Waals surface area contributed by atoms with Crippen LogP contribution in [0.5, 0.6) is 11.5 Å². The molecule has 0 saturated carbocycles. The number of carbonyl (C=O) groups is 5. The van der Waals surface area contributed by atoms with Crippen molar-refractivity contribution < 1.29 is 42.9 Å². The van der Waals surface area contributed by atoms with Gasteiger partial charge >= 0.3 is 5.97 Å². The smallest absolute Gasteiger partial charge is 0.352 e. The summed E-state index contributed by atoms with van der Waals surface area (Å²) < 4.78 is 31.1. The Balaban J connectivity index is 0.928. The number of piperazine rings is 1. The van der Waals surface area contributed by atoms with Gasteiger partial charge in [-0.15, -0.1) is 0 Å². The van der Waals surface area contributed by atoms with Crippen molar-refractivity contribution in [2.24, 2.45) is 7.05 Å². The van der Waals surface area contributed by atoms with Crippen LogP contribution in [0.25, 0.3) is 43.8 Å². The molecule has 4 amide bonds. The number of piperidine rings is 1. The predicted molar refractivity (Wildman–Crippen MR) is 261 cm³/mol. The number of hydrogen-bond acceptors (Lipinski definition) is 10. The van der Waals surface area contributed by atoms with Crippen LogP contribution in [0.3, 0.4) is 0 Å². The minimum atomic E-state index is -1.07. The van der Waals surface area contributed by atoms with Gasteiger partial charge in [0.1, 0.15) is 46.9 Å². The lowest BCUT2D eigenvalue weighted by molar-refractivity contribution is -0.135. The number of imide groups is 1. The van der Waals surface area contributed by atoms with Gasteiger partial charge in [0.25, 0.3) is 5.91 Å². The molecular weight excluding hydrogens is 921 g/mol. The number of benzene rings is 4. The van der Waals surface area contributed by atoms with E-state index in [-0.39, 0.29) is 42.4 Å². The fourth-order valence-electron chi connectivity index (χ4n) is 9.94. The van der Waals surface area contributed by atoms with Gasteiger partial charge in [0, 0.05) is 86.4 Å². The third kappa shape index (κ3) is 9.15. The third-order valence-corrected chi connectivity index (χ3v) is 13.9. The summed E-state index contributed by atoms with van der Waals surface area (Å²) in [4.78, 5) is 73.8. The van der Waals surface area contributed by atoms with E-state index in [0.29, 0.717) is 109 Å². The Hall–Kier alpha value is -7.31. The molecule has 2 fully saturated rings. The first-order valence-electron chi connectivity index (χ1n) is 23.2. The lowest BCUT2D eigenvalue weighted by atomic mass is 9.98. The minimum Gasteiger partial charge on any atom is -0.497 e. The van der Waals surface area contributed by atoms with Gasteiger partial charge in [-0.1, -0.05) is 29.8 Å². The average molecular weight is 974 g/mol. The molecule has 5 heterocycles. The van der Waals surface area contributed by atoms with E-state index in [1.54, 1.807) is 33.2 Å². The monoisotopic (exact) mass is 973 g/mol. The Morgan fingerprint density at radius 1 is 0.957 bits per heavy atom. The molecule has 1 unspecified atom stereocenters. The zero-order valence-corrected chi connectivity index (χ0v) is 40.3. The van der Waals surface area contributed by atoms with Gasteiger partial charge in [-0.2, -0.15) is 5.10 Å². The van der Waals surface area contributed by atoms with E-state index < -0.39 is 29.7 Å². The van der Waals surface area contributed by atoms with E-state index in [1.807, 2.05) is 55.8 Å². The molecule has 1 atom stereocenters. The van der Waals surface area contributed by atoms with Crippen molar-refractivity contribution in [3.63, 3.8) is 0 Å². The Kier molecular flexibility index (Phi) is 13.4. The first kappa shape index (κ1) is 47.7. The lowest BCUT2D eigenvalue weighted by Gasteiger charge is -2.35. The molecule has 70 heavy (non-hydrogen) atoms. The SMILES string of the molecule is COc1cc(C(=O)NC2CCC(=O)NC2=O)c2nc(C)n(CC(=O)N3CCN(CCn4c(C(=O)O)c(CCCOc5cccc6cc(F)ccc56)c5ccc(Cl)c(-c6c(C)nn(C)c6C)c54)CC3)c2c1. The van der Waals surface area contributed by atoms with E-state index >= 15 is 0 Å². The zero-order chi connectivity index (χ0) is 49.5. The maximum Gasteiger partial charge on any atom is 0.352 e. The quantitative estimate of drug-likeness (QED) is 0.0765. The van der Waals surface area contributed by atoms with Crippen molar-refractivity contribution >= 4 is 73.9 Å². The molecule has 0 aliphatic carbocycles. The van der Waals surface area contributed by atoms with Gasteiger partial charge in [0.2, 0.25) is 17.7 Å². The maximum absolute atomic E-state index is 14.0. The van der Waals surface area contributed by atoms with Crippen LogP contribution in [0, 0.1) is 26.6 Å². The molecule has 2 aliphatic rings. The van der Waals surface area contributed by atoms with Crippen molar-refractivity contribution in [2.75, 3.05) is 46.4 Å². The largest absolute Gasteiger partial charge is 0.497 e. The van der Waals surface area contributed by atoms with Crippen LogP contribution in [0.15, 0.2) is 60.7 Å². The Bertz CT molecular complexity index is 3260. The number of amides is 4. The van der Waals surface area contributed by atoms with Gasteiger partial charge in [-0.3, -0.25) is 34.1 Å². The number of aryl methyl sites for hydroxylation is 4. The number of methoxy groups -OCH3 is 1. The van der Waals surface area contributed by atoms with Crippen molar-refractivity contribution in [1.82, 2.24) is 44.3 Å². The molecular formula is C51H53ClFN9O8. The first-order chi connectivity index (χ1) is 33.6. The van der Waals surface area contributed by atoms with Crippen LogP contribution in [-0.4, -0.2) is 121 Å². The van der Waals surface area contributed by atoms with Crippen LogP contribution >= 0.6 is 11.6 Å². The first-order valence-corrected chi connectivity index (χ1v) is 23.6. The molecule has 3 aromatic heterocycles. The highest BCUT2D eigenvalue weighted by Crippen LogP contribution is 2.42. The molecule has 2 aliphatic heterocycles. The summed E-state index contributed by atoms with van der Waals surface area (Å²) in [6.07, 6.45) is 1.17. The fraction of sp³-hybridized carbons (Fsp3) is 0.353. The number of rotatable bonds is 15. The topological polar surface area (TPSA) is 195 Å². The average Bonchev–Trinajstić information content (AvgIpc) is 3.92. The summed E-state index contributed by atoms with van der Waals surface area (Å²) >= 11 is 7.08.